The number of rotatable bonds is 26. The van der Waals surface area contributed by atoms with E-state index in [0.29, 0.717) is 78.7 Å². The van der Waals surface area contributed by atoms with Crippen LogP contribution in [0.4, 0.5) is 79.0 Å². The molecule has 0 bridgehead atoms. The van der Waals surface area contributed by atoms with Crippen LogP contribution in [-0.4, -0.2) is 19.0 Å². The summed E-state index contributed by atoms with van der Waals surface area (Å²) in [5.74, 6) is -15.7. The molecular formula is C94H74Cl2F18O2S. The standard InChI is InChI=1S/C94H74Cl2F18O2S/c1-89(2,3)88-77(52-58-15-11-21-68(96)46-58)76(49-56-31-41-69(97)42-32-56)83(64(45-57-16-12-22-70(98)47-57)53-62-18-5-9-27-80(62)99)87(78(88)50-55-29-39-67(95)40-30-55)84(61-35-43-72(117-4)44-36-61)86(74-25-6-8-26-79(74)92(106,107)108)85(63-19-14-20-66(54-63)91(103,104)105)82(60-33-37-65(38-34-60)90(100,101)102)75(73-24-7-10-28-81(73)116-94(112,113)114)51-59-17-13-23-71(48-59)115-93(109,110)111/h5-44,46-48,54,64,75,82,84-86H,45,49-53H2,1-4H3. The van der Waals surface area contributed by atoms with E-state index in [4.69, 9.17) is 27.9 Å². The molecule has 608 valence electrons. The van der Waals surface area contributed by atoms with Crippen LogP contribution in [0.3, 0.4) is 0 Å². The fraction of sp³-hybridized carbons (Fsp3) is 0.234. The monoisotopic (exact) mass is 1680 g/mol. The van der Waals surface area contributed by atoms with Crippen LogP contribution in [0.5, 0.6) is 11.5 Å². The predicted molar refractivity (Wildman–Crippen MR) is 421 cm³/mol. The number of thioether (sulfide) groups is 1. The van der Waals surface area contributed by atoms with E-state index < -0.39 is 141 Å². The first kappa shape index (κ1) is 86.3. The van der Waals surface area contributed by atoms with Crippen LogP contribution in [-0.2, 0) is 62.5 Å². The Morgan fingerprint density at radius 1 is 0.376 bits per heavy atom. The van der Waals surface area contributed by atoms with Gasteiger partial charge in [0.25, 0.3) is 0 Å². The van der Waals surface area contributed by atoms with Crippen molar-refractivity contribution >= 4 is 35.0 Å². The van der Waals surface area contributed by atoms with Crippen LogP contribution in [0.15, 0.2) is 272 Å². The molecule has 6 atom stereocenters. The molecule has 117 heavy (non-hydrogen) atoms. The third kappa shape index (κ3) is 21.4. The van der Waals surface area contributed by atoms with Crippen molar-refractivity contribution in [2.24, 2.45) is 0 Å². The van der Waals surface area contributed by atoms with Gasteiger partial charge in [-0.2, -0.15) is 39.5 Å². The zero-order valence-corrected chi connectivity index (χ0v) is 65.2. The lowest BCUT2D eigenvalue weighted by molar-refractivity contribution is -0.275. The van der Waals surface area contributed by atoms with E-state index in [2.05, 4.69) is 4.74 Å². The van der Waals surface area contributed by atoms with E-state index in [9.17, 15) is 13.2 Å². The Labute approximate surface area is 679 Å². The maximum absolute atomic E-state index is 17.6. The first-order valence-electron chi connectivity index (χ1n) is 37.0. The Kier molecular flexibility index (Phi) is 26.3. The summed E-state index contributed by atoms with van der Waals surface area (Å²) in [4.78, 5) is 0.550. The van der Waals surface area contributed by atoms with E-state index >= 15 is 65.9 Å². The van der Waals surface area contributed by atoms with Crippen LogP contribution in [0.2, 0.25) is 10.0 Å². The lowest BCUT2D eigenvalue weighted by Crippen LogP contribution is -2.34. The number of benzene rings is 12. The van der Waals surface area contributed by atoms with Crippen LogP contribution < -0.4 is 9.47 Å². The Balaban J connectivity index is 1.41. The molecule has 0 saturated carbocycles. The van der Waals surface area contributed by atoms with Crippen molar-refractivity contribution in [3.05, 3.63) is 406 Å². The number of para-hydroxylation sites is 1. The highest BCUT2D eigenvalue weighted by molar-refractivity contribution is 7.98. The Morgan fingerprint density at radius 2 is 0.940 bits per heavy atom. The first-order valence-corrected chi connectivity index (χ1v) is 39.0. The molecule has 0 aliphatic rings. The Morgan fingerprint density at radius 3 is 1.56 bits per heavy atom. The van der Waals surface area contributed by atoms with Crippen molar-refractivity contribution in [1.29, 1.82) is 0 Å². The molecule has 0 aliphatic heterocycles. The zero-order valence-electron chi connectivity index (χ0n) is 62.9. The molecule has 6 unspecified atom stereocenters. The molecule has 12 rings (SSSR count). The van der Waals surface area contributed by atoms with Gasteiger partial charge in [-0.3, -0.25) is 0 Å². The normalized spacial score (nSPS) is 14.0. The summed E-state index contributed by atoms with van der Waals surface area (Å²) in [6, 6.07) is 55.7. The summed E-state index contributed by atoms with van der Waals surface area (Å²) in [5, 5.41) is 0.556. The van der Waals surface area contributed by atoms with Gasteiger partial charge in [-0.25, -0.2) is 13.2 Å². The number of alkyl halides is 15. The molecule has 0 aromatic heterocycles. The van der Waals surface area contributed by atoms with E-state index in [0.717, 1.165) is 78.9 Å². The van der Waals surface area contributed by atoms with Gasteiger partial charge in [0.15, 0.2) is 0 Å². The van der Waals surface area contributed by atoms with Gasteiger partial charge in [0.2, 0.25) is 0 Å². The van der Waals surface area contributed by atoms with E-state index in [1.165, 1.54) is 90.6 Å². The van der Waals surface area contributed by atoms with Crippen LogP contribution in [0.1, 0.15) is 168 Å². The van der Waals surface area contributed by atoms with E-state index in [-0.39, 0.29) is 70.5 Å². The third-order valence-corrected chi connectivity index (χ3v) is 22.3. The van der Waals surface area contributed by atoms with Crippen LogP contribution in [0.25, 0.3) is 0 Å². The Bertz CT molecular complexity index is 5420. The maximum atomic E-state index is 17.6. The molecule has 0 radical (unpaired) electrons. The van der Waals surface area contributed by atoms with E-state index in [1.54, 1.807) is 85.1 Å². The van der Waals surface area contributed by atoms with Crippen molar-refractivity contribution < 1.29 is 88.5 Å². The minimum Gasteiger partial charge on any atom is -0.406 e. The highest BCUT2D eigenvalue weighted by Crippen LogP contribution is 2.62. The van der Waals surface area contributed by atoms with Crippen molar-refractivity contribution in [2.75, 3.05) is 6.26 Å². The molecule has 0 fully saturated rings. The minimum atomic E-state index is -5.61. The molecule has 12 aromatic carbocycles. The van der Waals surface area contributed by atoms with Gasteiger partial charge in [-0.15, -0.1) is 38.1 Å². The topological polar surface area (TPSA) is 18.5 Å². The van der Waals surface area contributed by atoms with Crippen molar-refractivity contribution in [3.63, 3.8) is 0 Å². The molecular weight excluding hydrogens is 1610 g/mol. The fourth-order valence-electron chi connectivity index (χ4n) is 16.6. The SMILES string of the molecule is CSc1ccc(C(c2c(Cc3ccc(Cl)cc3)c(C(C)(C)C)c(Cc3cccc(Cl)c3)c(Cc3ccc(F)cc3)c2C(Cc2cccc(F)c2)Cc2ccccc2F)C(c2ccccc2C(F)(F)F)C(c2cccc(C(F)(F)F)c2)C(c2ccc(C(F)(F)F)cc2)C(Cc2cccc(OC(F)(F)F)c2)c2ccccc2OC(F)(F)F)cc1. The molecule has 0 saturated heterocycles. The summed E-state index contributed by atoms with van der Waals surface area (Å²) < 4.78 is 297. The first-order chi connectivity index (χ1) is 55.3. The lowest BCUT2D eigenvalue weighted by Gasteiger charge is -2.46. The highest BCUT2D eigenvalue weighted by atomic mass is 35.5. The Hall–Kier alpha value is -10.1. The van der Waals surface area contributed by atoms with Gasteiger partial charge in [-0.05, 0) is 278 Å². The molecule has 0 aliphatic carbocycles. The average Bonchev–Trinajstić information content (AvgIpc) is 0.710. The summed E-state index contributed by atoms with van der Waals surface area (Å²) in [6.07, 6.45) is -27.1. The number of hydrogen-bond acceptors (Lipinski definition) is 3. The molecule has 23 heteroatoms. The summed E-state index contributed by atoms with van der Waals surface area (Å²) in [5.41, 5.74) is -3.60. The number of hydrogen-bond donors (Lipinski definition) is 0. The van der Waals surface area contributed by atoms with Gasteiger partial charge >= 0.3 is 31.3 Å². The third-order valence-electron chi connectivity index (χ3n) is 21.1. The average molecular weight is 1680 g/mol. The predicted octanol–water partition coefficient (Wildman–Crippen LogP) is 29.1. The van der Waals surface area contributed by atoms with Gasteiger partial charge in [0.1, 0.15) is 29.0 Å². The molecule has 12 aromatic rings. The summed E-state index contributed by atoms with van der Waals surface area (Å²) in [7, 11) is 0. The second kappa shape index (κ2) is 35.6. The number of halogens is 20. The van der Waals surface area contributed by atoms with Crippen molar-refractivity contribution in [3.8, 4) is 11.5 Å². The molecule has 2 nitrogen and oxygen atoms in total. The maximum Gasteiger partial charge on any atom is 0.573 e. The van der Waals surface area contributed by atoms with Gasteiger partial charge in [0.05, 0.1) is 16.7 Å². The molecule has 0 spiro atoms. The number of ether oxygens (including phenoxy) is 2. The second-order valence-electron chi connectivity index (χ2n) is 29.9. The molecule has 0 amide bonds. The largest absolute Gasteiger partial charge is 0.573 e. The molecule has 0 N–H and O–H groups in total. The minimum absolute atomic E-state index is 0.0243. The molecule has 0 heterocycles. The van der Waals surface area contributed by atoms with Gasteiger partial charge < -0.3 is 9.47 Å². The quantitative estimate of drug-likeness (QED) is 0.0398. The van der Waals surface area contributed by atoms with Crippen LogP contribution in [0, 0.1) is 17.5 Å². The van der Waals surface area contributed by atoms with E-state index in [1.807, 2.05) is 26.8 Å². The summed E-state index contributed by atoms with van der Waals surface area (Å²) in [6.45, 7) is 5.65. The van der Waals surface area contributed by atoms with Gasteiger partial charge in [-0.1, -0.05) is 202 Å². The fourth-order valence-corrected chi connectivity index (χ4v) is 17.3. The smallest absolute Gasteiger partial charge is 0.406 e. The zero-order chi connectivity index (χ0) is 84.1. The summed E-state index contributed by atoms with van der Waals surface area (Å²) >= 11 is 14.9. The highest BCUT2D eigenvalue weighted by Gasteiger charge is 2.50. The van der Waals surface area contributed by atoms with Crippen LogP contribution >= 0.6 is 35.0 Å². The van der Waals surface area contributed by atoms with Gasteiger partial charge in [0, 0.05) is 26.8 Å². The van der Waals surface area contributed by atoms with Crippen molar-refractivity contribution in [2.45, 2.75) is 136 Å². The second-order valence-corrected chi connectivity index (χ2v) is 31.6. The lowest BCUT2D eigenvalue weighted by atomic mass is 9.57. The van der Waals surface area contributed by atoms with Crippen molar-refractivity contribution in [1.82, 2.24) is 0 Å².